The van der Waals surface area contributed by atoms with E-state index in [4.69, 9.17) is 18.9 Å². The van der Waals surface area contributed by atoms with Gasteiger partial charge in [-0.1, -0.05) is 119 Å². The Balaban J connectivity index is 4.56. The second-order valence-corrected chi connectivity index (χ2v) is 14.5. The third-order valence-corrected chi connectivity index (χ3v) is 8.17. The molecule has 0 bridgehead atoms. The van der Waals surface area contributed by atoms with E-state index < -0.39 is 24.3 Å². The van der Waals surface area contributed by atoms with Gasteiger partial charge in [0.25, 0.3) is 0 Å². The van der Waals surface area contributed by atoms with Crippen LogP contribution >= 0.6 is 0 Å². The lowest BCUT2D eigenvalue weighted by Crippen LogP contribution is -2.44. The van der Waals surface area contributed by atoms with Crippen LogP contribution in [0.4, 0.5) is 0 Å². The summed E-state index contributed by atoms with van der Waals surface area (Å²) in [5, 5.41) is 11.6. The van der Waals surface area contributed by atoms with Gasteiger partial charge in [0.05, 0.1) is 40.3 Å². The number of carbonyl (C=O) groups excluding carboxylic acids is 3. The molecule has 0 aliphatic heterocycles. The van der Waals surface area contributed by atoms with E-state index in [0.29, 0.717) is 17.4 Å². The Morgan fingerprint density at radius 1 is 0.574 bits per heavy atom. The second kappa shape index (κ2) is 36.7. The highest BCUT2D eigenvalue weighted by atomic mass is 16.7. The number of ether oxygens (including phenoxy) is 4. The van der Waals surface area contributed by atoms with Crippen LogP contribution in [0.2, 0.25) is 0 Å². The topological polar surface area (TPSA) is 111 Å². The van der Waals surface area contributed by atoms with Crippen LogP contribution in [0, 0.1) is 0 Å². The van der Waals surface area contributed by atoms with Crippen LogP contribution < -0.4 is 5.11 Å². The summed E-state index contributed by atoms with van der Waals surface area (Å²) in [6.07, 6.45) is 40.8. The van der Waals surface area contributed by atoms with Gasteiger partial charge in [-0.05, 0) is 77.0 Å². The molecule has 0 fully saturated rings. The molecule has 0 aromatic rings. The number of carboxylic acid groups (broad SMARTS) is 1. The molecule has 0 spiro atoms. The minimum atomic E-state index is -1.63. The van der Waals surface area contributed by atoms with Crippen molar-refractivity contribution in [3.63, 3.8) is 0 Å². The number of hydrogen-bond acceptors (Lipinski definition) is 8. The number of likely N-dealkylation sites (N-methyl/N-ethyl adjacent to an activating group) is 1. The Bertz CT molecular complexity index is 1120. The predicted molar refractivity (Wildman–Crippen MR) is 218 cm³/mol. The van der Waals surface area contributed by atoms with Crippen molar-refractivity contribution in [1.29, 1.82) is 0 Å². The van der Waals surface area contributed by atoms with Crippen molar-refractivity contribution in [3.05, 3.63) is 72.9 Å². The summed E-state index contributed by atoms with van der Waals surface area (Å²) < 4.78 is 22.4. The summed E-state index contributed by atoms with van der Waals surface area (Å²) in [4.78, 5) is 36.8. The number of aliphatic carboxylic acids is 1. The molecule has 308 valence electrons. The third-order valence-electron chi connectivity index (χ3n) is 8.17. The summed E-state index contributed by atoms with van der Waals surface area (Å²) in [6, 6.07) is 0. The van der Waals surface area contributed by atoms with Gasteiger partial charge in [0, 0.05) is 12.8 Å². The van der Waals surface area contributed by atoms with Crippen LogP contribution in [0.25, 0.3) is 0 Å². The van der Waals surface area contributed by atoms with E-state index >= 15 is 0 Å². The van der Waals surface area contributed by atoms with Gasteiger partial charge in [-0.25, -0.2) is 0 Å². The van der Waals surface area contributed by atoms with Gasteiger partial charge >= 0.3 is 11.9 Å². The molecule has 0 aliphatic rings. The molecule has 2 atom stereocenters. The maximum atomic E-state index is 12.7. The highest BCUT2D eigenvalue weighted by Gasteiger charge is 2.21. The highest BCUT2D eigenvalue weighted by molar-refractivity contribution is 5.70. The Kier molecular flexibility index (Phi) is 34.5. The van der Waals surface area contributed by atoms with Crippen LogP contribution in [0.5, 0.6) is 0 Å². The summed E-state index contributed by atoms with van der Waals surface area (Å²) in [5.41, 5.74) is 0. The first-order chi connectivity index (χ1) is 26.1. The SMILES string of the molecule is CC/C=C\C/C=C\C/C=C\C/C=C\C/C=C\CCCCCC(=O)OC(COC(=O)CCCCCCC/C=C\CCC)COC(OCC[N+](C)(C)C)C(=O)[O-]. The van der Waals surface area contributed by atoms with Gasteiger partial charge in [-0.3, -0.25) is 9.59 Å². The molecule has 0 saturated heterocycles. The van der Waals surface area contributed by atoms with E-state index in [2.05, 4.69) is 86.8 Å². The zero-order chi connectivity index (χ0) is 40.0. The molecule has 2 unspecified atom stereocenters. The fraction of sp³-hybridized carbons (Fsp3) is 0.667. The summed E-state index contributed by atoms with van der Waals surface area (Å²) >= 11 is 0. The molecular formula is C45H75NO8. The number of carboxylic acids is 1. The van der Waals surface area contributed by atoms with Crippen LogP contribution in [0.1, 0.15) is 136 Å². The zero-order valence-electron chi connectivity index (χ0n) is 34.6. The molecule has 0 radical (unpaired) electrons. The second-order valence-electron chi connectivity index (χ2n) is 14.5. The van der Waals surface area contributed by atoms with Crippen LogP contribution in [-0.4, -0.2) is 82.3 Å². The number of unbranched alkanes of at least 4 members (excludes halogenated alkanes) is 9. The molecule has 0 rings (SSSR count). The predicted octanol–water partition coefficient (Wildman–Crippen LogP) is 9.05. The Hall–Kier alpha value is -3.27. The molecule has 0 saturated carbocycles. The van der Waals surface area contributed by atoms with E-state index in [-0.39, 0.29) is 38.6 Å². The Labute approximate surface area is 328 Å². The van der Waals surface area contributed by atoms with Crippen LogP contribution in [-0.2, 0) is 33.3 Å². The highest BCUT2D eigenvalue weighted by Crippen LogP contribution is 2.11. The lowest BCUT2D eigenvalue weighted by Gasteiger charge is -2.26. The average Bonchev–Trinajstić information content (AvgIpc) is 3.12. The normalized spacial score (nSPS) is 13.7. The largest absolute Gasteiger partial charge is 0.545 e. The smallest absolute Gasteiger partial charge is 0.306 e. The minimum absolute atomic E-state index is 0.136. The first-order valence-corrected chi connectivity index (χ1v) is 20.6. The van der Waals surface area contributed by atoms with Gasteiger partial charge in [0.15, 0.2) is 12.4 Å². The van der Waals surface area contributed by atoms with Gasteiger partial charge in [-0.15, -0.1) is 0 Å². The Morgan fingerprint density at radius 2 is 1.06 bits per heavy atom. The van der Waals surface area contributed by atoms with Gasteiger partial charge in [-0.2, -0.15) is 0 Å². The lowest BCUT2D eigenvalue weighted by atomic mass is 10.1. The summed E-state index contributed by atoms with van der Waals surface area (Å²) in [5.74, 6) is -2.36. The fourth-order valence-electron chi connectivity index (χ4n) is 4.97. The van der Waals surface area contributed by atoms with Crippen molar-refractivity contribution in [3.8, 4) is 0 Å². The van der Waals surface area contributed by atoms with E-state index in [1.165, 1.54) is 6.42 Å². The molecule has 0 N–H and O–H groups in total. The van der Waals surface area contributed by atoms with E-state index in [9.17, 15) is 19.5 Å². The van der Waals surface area contributed by atoms with Crippen molar-refractivity contribution in [2.45, 2.75) is 148 Å². The molecular weight excluding hydrogens is 682 g/mol. The van der Waals surface area contributed by atoms with Gasteiger partial charge in [0.1, 0.15) is 13.2 Å². The number of esters is 2. The van der Waals surface area contributed by atoms with Crippen molar-refractivity contribution >= 4 is 17.9 Å². The number of nitrogens with zero attached hydrogens (tertiary/aromatic N) is 1. The first kappa shape index (κ1) is 50.7. The lowest BCUT2D eigenvalue weighted by molar-refractivity contribution is -0.870. The molecule has 9 heteroatoms. The molecule has 0 heterocycles. The number of allylic oxidation sites excluding steroid dienone is 12. The molecule has 54 heavy (non-hydrogen) atoms. The number of hydrogen-bond donors (Lipinski definition) is 0. The number of quaternary nitrogens is 1. The number of carbonyl (C=O) groups is 3. The molecule has 0 amide bonds. The summed E-state index contributed by atoms with van der Waals surface area (Å²) in [7, 11) is 5.88. The van der Waals surface area contributed by atoms with Crippen LogP contribution in [0.15, 0.2) is 72.9 Å². The van der Waals surface area contributed by atoms with Crippen molar-refractivity contribution < 1.29 is 42.9 Å². The maximum absolute atomic E-state index is 12.7. The number of rotatable bonds is 36. The standard InChI is InChI=1S/C45H75NO8/c1-6-8-10-12-14-16-18-19-20-21-22-23-24-25-26-28-30-32-34-36-43(48)54-41(40-53-45(44(49)50)51-38-37-46(3,4)5)39-52-42(47)35-33-31-29-27-17-15-13-11-9-7-2/h8,10-11,13-14,16,19-20,22-23,25-26,41,45H,6-7,9,12,15,17-18,21,24,27-40H2,1-5H3/b10-8-,13-11-,16-14-,20-19-,23-22-,26-25-. The minimum Gasteiger partial charge on any atom is -0.545 e. The Morgan fingerprint density at radius 3 is 1.61 bits per heavy atom. The molecule has 0 aromatic heterocycles. The average molecular weight is 758 g/mol. The fourth-order valence-corrected chi connectivity index (χ4v) is 4.97. The van der Waals surface area contributed by atoms with Crippen LogP contribution in [0.3, 0.4) is 0 Å². The van der Waals surface area contributed by atoms with Crippen molar-refractivity contribution in [2.75, 3.05) is 47.5 Å². The zero-order valence-corrected chi connectivity index (χ0v) is 34.6. The molecule has 0 aromatic carbocycles. The molecule has 0 aliphatic carbocycles. The first-order valence-electron chi connectivity index (χ1n) is 20.6. The van der Waals surface area contributed by atoms with Gasteiger partial charge < -0.3 is 33.3 Å². The quantitative estimate of drug-likeness (QED) is 0.0205. The summed E-state index contributed by atoms with van der Waals surface area (Å²) in [6.45, 7) is 4.47. The van der Waals surface area contributed by atoms with Crippen molar-refractivity contribution in [1.82, 2.24) is 0 Å². The monoisotopic (exact) mass is 758 g/mol. The van der Waals surface area contributed by atoms with Gasteiger partial charge in [0.2, 0.25) is 0 Å². The van der Waals surface area contributed by atoms with E-state index in [1.807, 2.05) is 21.1 Å². The van der Waals surface area contributed by atoms with E-state index in [0.717, 1.165) is 96.3 Å². The maximum Gasteiger partial charge on any atom is 0.306 e. The van der Waals surface area contributed by atoms with Crippen molar-refractivity contribution in [2.24, 2.45) is 0 Å². The molecule has 9 nitrogen and oxygen atoms in total. The third kappa shape index (κ3) is 37.1. The van der Waals surface area contributed by atoms with E-state index in [1.54, 1.807) is 0 Å².